The third-order valence-corrected chi connectivity index (χ3v) is 2.81. The Bertz CT molecular complexity index is 429. The summed E-state index contributed by atoms with van der Waals surface area (Å²) in [5.41, 5.74) is 10.6. The summed E-state index contributed by atoms with van der Waals surface area (Å²) in [6.07, 6.45) is 0. The maximum absolute atomic E-state index is 12.1. The Hall–Kier alpha value is -1.88. The molecule has 0 aromatic heterocycles. The molecule has 1 unspecified atom stereocenters. The van der Waals surface area contributed by atoms with Gasteiger partial charge in [0.25, 0.3) is 0 Å². The molecular weight excluding hydrogens is 230 g/mol. The second-order valence-electron chi connectivity index (χ2n) is 4.68. The average molecular weight is 249 g/mol. The van der Waals surface area contributed by atoms with E-state index in [2.05, 4.69) is 5.32 Å². The quantitative estimate of drug-likeness (QED) is 0.690. The lowest BCUT2D eigenvalue weighted by Crippen LogP contribution is -2.54. The van der Waals surface area contributed by atoms with Gasteiger partial charge in [-0.2, -0.15) is 0 Å². The SMILES string of the molecule is CC(C)(NC(=O)C(CN)c1ccccc1)C(N)=O. The summed E-state index contributed by atoms with van der Waals surface area (Å²) in [4.78, 5) is 23.3. The fourth-order valence-electron chi connectivity index (χ4n) is 1.54. The summed E-state index contributed by atoms with van der Waals surface area (Å²) < 4.78 is 0. The molecule has 1 rings (SSSR count). The molecule has 5 nitrogen and oxygen atoms in total. The number of benzene rings is 1. The highest BCUT2D eigenvalue weighted by molar-refractivity contribution is 5.92. The Kier molecular flexibility index (Phi) is 4.44. The Morgan fingerprint density at radius 2 is 1.83 bits per heavy atom. The highest BCUT2D eigenvalue weighted by Gasteiger charge is 2.30. The van der Waals surface area contributed by atoms with Crippen molar-refractivity contribution in [1.29, 1.82) is 0 Å². The summed E-state index contributed by atoms with van der Waals surface area (Å²) in [7, 11) is 0. The molecule has 1 atom stereocenters. The van der Waals surface area contributed by atoms with E-state index in [1.54, 1.807) is 13.8 Å². The largest absolute Gasteiger partial charge is 0.368 e. The van der Waals surface area contributed by atoms with Crippen molar-refractivity contribution in [2.24, 2.45) is 11.5 Å². The van der Waals surface area contributed by atoms with Crippen LogP contribution >= 0.6 is 0 Å². The molecule has 0 saturated carbocycles. The number of nitrogens with two attached hydrogens (primary N) is 2. The van der Waals surface area contributed by atoms with Gasteiger partial charge in [0.05, 0.1) is 5.92 Å². The van der Waals surface area contributed by atoms with Gasteiger partial charge in [0.15, 0.2) is 0 Å². The van der Waals surface area contributed by atoms with Gasteiger partial charge in [-0.05, 0) is 19.4 Å². The van der Waals surface area contributed by atoms with E-state index in [0.29, 0.717) is 0 Å². The van der Waals surface area contributed by atoms with E-state index in [1.807, 2.05) is 30.3 Å². The average Bonchev–Trinajstić information content (AvgIpc) is 2.30. The van der Waals surface area contributed by atoms with Crippen LogP contribution in [0, 0.1) is 0 Å². The number of rotatable bonds is 5. The number of amides is 2. The summed E-state index contributed by atoms with van der Waals surface area (Å²) in [6, 6.07) is 9.19. The zero-order valence-corrected chi connectivity index (χ0v) is 10.6. The highest BCUT2D eigenvalue weighted by Crippen LogP contribution is 2.15. The molecule has 5 N–H and O–H groups in total. The van der Waals surface area contributed by atoms with Crippen LogP contribution in [0.3, 0.4) is 0 Å². The standard InChI is InChI=1S/C13H19N3O2/c1-13(2,12(15)18)16-11(17)10(8-14)9-6-4-3-5-7-9/h3-7,10H,8,14H2,1-2H3,(H2,15,18)(H,16,17). The third kappa shape index (κ3) is 3.30. The molecule has 0 bridgehead atoms. The van der Waals surface area contributed by atoms with Gasteiger partial charge >= 0.3 is 0 Å². The molecule has 1 aromatic carbocycles. The zero-order chi connectivity index (χ0) is 13.8. The van der Waals surface area contributed by atoms with E-state index in [1.165, 1.54) is 0 Å². The van der Waals surface area contributed by atoms with E-state index in [9.17, 15) is 9.59 Å². The first-order valence-corrected chi connectivity index (χ1v) is 5.75. The van der Waals surface area contributed by atoms with Crippen molar-refractivity contribution in [3.8, 4) is 0 Å². The number of primary amides is 1. The summed E-state index contributed by atoms with van der Waals surface area (Å²) in [5.74, 6) is -1.36. The monoisotopic (exact) mass is 249 g/mol. The van der Waals surface area contributed by atoms with Gasteiger partial charge < -0.3 is 16.8 Å². The minimum absolute atomic E-state index is 0.171. The molecule has 0 aliphatic carbocycles. The lowest BCUT2D eigenvalue weighted by Gasteiger charge is -2.25. The van der Waals surface area contributed by atoms with E-state index in [0.717, 1.165) is 5.56 Å². The van der Waals surface area contributed by atoms with Gasteiger partial charge in [-0.15, -0.1) is 0 Å². The molecule has 0 aliphatic rings. The van der Waals surface area contributed by atoms with E-state index in [-0.39, 0.29) is 12.5 Å². The number of carbonyl (C=O) groups is 2. The lowest BCUT2D eigenvalue weighted by atomic mass is 9.96. The minimum Gasteiger partial charge on any atom is -0.368 e. The molecule has 1 aromatic rings. The van der Waals surface area contributed by atoms with Gasteiger partial charge in [0.1, 0.15) is 5.54 Å². The summed E-state index contributed by atoms with van der Waals surface area (Å²) in [5, 5.41) is 2.61. The van der Waals surface area contributed by atoms with E-state index >= 15 is 0 Å². The summed E-state index contributed by atoms with van der Waals surface area (Å²) in [6.45, 7) is 3.29. The van der Waals surface area contributed by atoms with Crippen LogP contribution in [0.4, 0.5) is 0 Å². The smallest absolute Gasteiger partial charge is 0.242 e. The molecule has 98 valence electrons. The lowest BCUT2D eigenvalue weighted by molar-refractivity contribution is -0.131. The fourth-order valence-corrected chi connectivity index (χ4v) is 1.54. The topological polar surface area (TPSA) is 98.2 Å². The van der Waals surface area contributed by atoms with Crippen molar-refractivity contribution in [2.45, 2.75) is 25.3 Å². The predicted octanol–water partition coefficient (Wildman–Crippen LogP) is 0.109. The van der Waals surface area contributed by atoms with Crippen molar-refractivity contribution in [2.75, 3.05) is 6.54 Å². The summed E-state index contributed by atoms with van der Waals surface area (Å²) >= 11 is 0. The molecule has 0 aliphatic heterocycles. The predicted molar refractivity (Wildman–Crippen MR) is 69.7 cm³/mol. The van der Waals surface area contributed by atoms with Crippen LogP contribution in [0.1, 0.15) is 25.3 Å². The molecule has 18 heavy (non-hydrogen) atoms. The van der Waals surface area contributed by atoms with Crippen LogP contribution in [0.25, 0.3) is 0 Å². The third-order valence-electron chi connectivity index (χ3n) is 2.81. The zero-order valence-electron chi connectivity index (χ0n) is 10.6. The van der Waals surface area contributed by atoms with Crippen molar-refractivity contribution in [3.63, 3.8) is 0 Å². The van der Waals surface area contributed by atoms with Gasteiger partial charge in [-0.1, -0.05) is 30.3 Å². The molecule has 0 saturated heterocycles. The van der Waals surface area contributed by atoms with Crippen LogP contribution < -0.4 is 16.8 Å². The van der Waals surface area contributed by atoms with Crippen LogP contribution in [-0.4, -0.2) is 23.9 Å². The first kappa shape index (κ1) is 14.2. The Labute approximate surface area is 107 Å². The molecule has 2 amide bonds. The minimum atomic E-state index is -1.08. The Balaban J connectivity index is 2.85. The van der Waals surface area contributed by atoms with Crippen LogP contribution in [0.15, 0.2) is 30.3 Å². The maximum Gasteiger partial charge on any atom is 0.242 e. The van der Waals surface area contributed by atoms with Crippen molar-refractivity contribution in [1.82, 2.24) is 5.32 Å². The van der Waals surface area contributed by atoms with Gasteiger partial charge in [-0.25, -0.2) is 0 Å². The van der Waals surface area contributed by atoms with Gasteiger partial charge in [-0.3, -0.25) is 9.59 Å². The normalized spacial score (nSPS) is 12.8. The molecule has 0 radical (unpaired) electrons. The maximum atomic E-state index is 12.1. The molecule has 0 heterocycles. The fraction of sp³-hybridized carbons (Fsp3) is 0.385. The van der Waals surface area contributed by atoms with Crippen LogP contribution in [0.2, 0.25) is 0 Å². The van der Waals surface area contributed by atoms with Crippen molar-refractivity contribution < 1.29 is 9.59 Å². The molecule has 0 fully saturated rings. The van der Waals surface area contributed by atoms with E-state index in [4.69, 9.17) is 11.5 Å². The van der Waals surface area contributed by atoms with Crippen LogP contribution in [0.5, 0.6) is 0 Å². The van der Waals surface area contributed by atoms with Gasteiger partial charge in [0, 0.05) is 6.54 Å². The second kappa shape index (κ2) is 5.64. The number of hydrogen-bond donors (Lipinski definition) is 3. The number of hydrogen-bond acceptors (Lipinski definition) is 3. The Morgan fingerprint density at radius 1 is 1.28 bits per heavy atom. The Morgan fingerprint density at radius 3 is 2.28 bits per heavy atom. The second-order valence-corrected chi connectivity index (χ2v) is 4.68. The first-order chi connectivity index (χ1) is 8.38. The highest BCUT2D eigenvalue weighted by atomic mass is 16.2. The van der Waals surface area contributed by atoms with Crippen molar-refractivity contribution >= 4 is 11.8 Å². The molecule has 0 spiro atoms. The first-order valence-electron chi connectivity index (χ1n) is 5.75. The van der Waals surface area contributed by atoms with Crippen LogP contribution in [-0.2, 0) is 9.59 Å². The number of carbonyl (C=O) groups excluding carboxylic acids is 2. The van der Waals surface area contributed by atoms with Crippen molar-refractivity contribution in [3.05, 3.63) is 35.9 Å². The molecular formula is C13H19N3O2. The van der Waals surface area contributed by atoms with E-state index < -0.39 is 17.4 Å². The molecule has 5 heteroatoms. The number of nitrogens with one attached hydrogen (secondary N) is 1. The van der Waals surface area contributed by atoms with Gasteiger partial charge in [0.2, 0.25) is 11.8 Å².